The zero-order chi connectivity index (χ0) is 14.4. The molecule has 6 heteroatoms. The average molecular weight is 274 g/mol. The van der Waals surface area contributed by atoms with E-state index in [1.54, 1.807) is 0 Å². The normalized spacial score (nSPS) is 16.9. The number of benzene rings is 1. The summed E-state index contributed by atoms with van der Waals surface area (Å²) in [5.41, 5.74) is 18.1. The van der Waals surface area contributed by atoms with Crippen LogP contribution in [-0.4, -0.2) is 29.9 Å². The van der Waals surface area contributed by atoms with Gasteiger partial charge in [-0.3, -0.25) is 4.90 Å². The van der Waals surface area contributed by atoms with Gasteiger partial charge in [0.1, 0.15) is 0 Å². The summed E-state index contributed by atoms with van der Waals surface area (Å²) in [6, 6.07) is 7.98. The fraction of sp³-hybridized carbons (Fsp3) is 0.429. The Morgan fingerprint density at radius 2 is 1.85 bits per heavy atom. The minimum absolute atomic E-state index is 0.0696. The zero-order valence-corrected chi connectivity index (χ0v) is 11.6. The van der Waals surface area contributed by atoms with Crippen LogP contribution in [0.25, 0.3) is 0 Å². The third-order valence-electron chi connectivity index (χ3n) is 3.25. The van der Waals surface area contributed by atoms with E-state index in [4.69, 9.17) is 17.2 Å². The van der Waals surface area contributed by atoms with E-state index in [0.717, 1.165) is 12.2 Å². The van der Waals surface area contributed by atoms with Gasteiger partial charge < -0.3 is 17.2 Å². The maximum absolute atomic E-state index is 5.63. The van der Waals surface area contributed by atoms with E-state index < -0.39 is 0 Å². The molecule has 0 radical (unpaired) electrons. The largest absolute Gasteiger partial charge is 0.370 e. The van der Waals surface area contributed by atoms with Crippen molar-refractivity contribution in [2.75, 3.05) is 13.1 Å². The number of guanidine groups is 2. The third-order valence-corrected chi connectivity index (χ3v) is 3.25. The lowest BCUT2D eigenvalue weighted by Gasteiger charge is -2.26. The van der Waals surface area contributed by atoms with Crippen LogP contribution in [-0.2, 0) is 6.54 Å². The molecule has 0 aromatic heterocycles. The molecule has 0 atom stereocenters. The highest BCUT2D eigenvalue weighted by atomic mass is 15.1. The van der Waals surface area contributed by atoms with Gasteiger partial charge >= 0.3 is 0 Å². The van der Waals surface area contributed by atoms with E-state index in [-0.39, 0.29) is 11.9 Å². The topological polar surface area (TPSA) is 106 Å². The third kappa shape index (κ3) is 4.55. The summed E-state index contributed by atoms with van der Waals surface area (Å²) >= 11 is 0. The molecule has 0 unspecified atom stereocenters. The van der Waals surface area contributed by atoms with Crippen LogP contribution in [0.5, 0.6) is 0 Å². The van der Waals surface area contributed by atoms with Crippen LogP contribution in [0.1, 0.15) is 24.8 Å². The van der Waals surface area contributed by atoms with Gasteiger partial charge in [-0.25, -0.2) is 4.99 Å². The van der Waals surface area contributed by atoms with Gasteiger partial charge in [-0.05, 0) is 43.6 Å². The summed E-state index contributed by atoms with van der Waals surface area (Å²) in [6.45, 7) is 3.29. The van der Waals surface area contributed by atoms with Gasteiger partial charge in [0, 0.05) is 6.54 Å². The molecule has 108 valence electrons. The molecule has 1 saturated heterocycles. The van der Waals surface area contributed by atoms with Gasteiger partial charge in [0.05, 0.1) is 5.69 Å². The number of nitrogens with two attached hydrogens (primary N) is 3. The van der Waals surface area contributed by atoms with E-state index in [0.29, 0.717) is 0 Å². The zero-order valence-electron chi connectivity index (χ0n) is 11.6. The average Bonchev–Trinajstić information content (AvgIpc) is 2.39. The smallest absolute Gasteiger partial charge is 0.223 e. The lowest BCUT2D eigenvalue weighted by molar-refractivity contribution is 0.221. The number of piperidine rings is 1. The van der Waals surface area contributed by atoms with Crippen molar-refractivity contribution >= 4 is 17.6 Å². The summed E-state index contributed by atoms with van der Waals surface area (Å²) in [4.78, 5) is 10.4. The maximum atomic E-state index is 5.63. The SMILES string of the molecule is NC(N)=NC(N)=Nc1cccc(CN2CCCCC2)c1. The van der Waals surface area contributed by atoms with Gasteiger partial charge in [0.2, 0.25) is 5.96 Å². The molecule has 2 rings (SSSR count). The van der Waals surface area contributed by atoms with Crippen molar-refractivity contribution in [3.05, 3.63) is 29.8 Å². The van der Waals surface area contributed by atoms with Gasteiger partial charge in [0.15, 0.2) is 5.96 Å². The van der Waals surface area contributed by atoms with Gasteiger partial charge in [-0.1, -0.05) is 18.6 Å². The Morgan fingerprint density at radius 1 is 1.10 bits per heavy atom. The van der Waals surface area contributed by atoms with Gasteiger partial charge in [-0.2, -0.15) is 4.99 Å². The fourth-order valence-corrected chi connectivity index (χ4v) is 2.39. The molecule has 1 fully saturated rings. The van der Waals surface area contributed by atoms with Crippen molar-refractivity contribution in [3.63, 3.8) is 0 Å². The number of likely N-dealkylation sites (tertiary alicyclic amines) is 1. The van der Waals surface area contributed by atoms with Crippen LogP contribution < -0.4 is 17.2 Å². The number of rotatable bonds is 3. The first-order valence-electron chi connectivity index (χ1n) is 6.88. The van der Waals surface area contributed by atoms with Crippen molar-refractivity contribution in [2.24, 2.45) is 27.2 Å². The minimum atomic E-state index is -0.0873. The summed E-state index contributed by atoms with van der Waals surface area (Å²) in [5, 5.41) is 0. The van der Waals surface area contributed by atoms with E-state index in [2.05, 4.69) is 21.0 Å². The van der Waals surface area contributed by atoms with Gasteiger partial charge in [-0.15, -0.1) is 0 Å². The molecule has 1 aromatic rings. The highest BCUT2D eigenvalue weighted by Crippen LogP contribution is 2.18. The maximum Gasteiger partial charge on any atom is 0.223 e. The van der Waals surface area contributed by atoms with Crippen molar-refractivity contribution in [2.45, 2.75) is 25.8 Å². The monoisotopic (exact) mass is 274 g/mol. The lowest BCUT2D eigenvalue weighted by Crippen LogP contribution is -2.29. The number of aliphatic imine (C=N–C) groups is 2. The molecule has 6 nitrogen and oxygen atoms in total. The molecule has 1 aromatic carbocycles. The van der Waals surface area contributed by atoms with Crippen LogP contribution in [0.3, 0.4) is 0 Å². The molecule has 6 N–H and O–H groups in total. The molecule has 1 heterocycles. The quantitative estimate of drug-likeness (QED) is 0.562. The van der Waals surface area contributed by atoms with E-state index in [1.807, 2.05) is 18.2 Å². The second-order valence-corrected chi connectivity index (χ2v) is 5.01. The summed E-state index contributed by atoms with van der Waals surface area (Å²) < 4.78 is 0. The molecule has 0 aliphatic carbocycles. The molecule has 0 spiro atoms. The van der Waals surface area contributed by atoms with E-state index in [1.165, 1.54) is 37.9 Å². The standard InChI is InChI=1S/C14H22N6/c15-13(16)19-14(17)18-12-6-4-5-11(9-12)10-20-7-2-1-3-8-20/h4-6,9H,1-3,7-8,10H2,(H6,15,16,17,18,19). The van der Waals surface area contributed by atoms with Crippen LogP contribution >= 0.6 is 0 Å². The molecule has 20 heavy (non-hydrogen) atoms. The van der Waals surface area contributed by atoms with E-state index >= 15 is 0 Å². The Labute approximate surface area is 119 Å². The molecule has 0 amide bonds. The minimum Gasteiger partial charge on any atom is -0.370 e. The van der Waals surface area contributed by atoms with Crippen molar-refractivity contribution in [1.29, 1.82) is 0 Å². The van der Waals surface area contributed by atoms with Crippen LogP contribution in [0.2, 0.25) is 0 Å². The first-order chi connectivity index (χ1) is 9.63. The fourth-order valence-electron chi connectivity index (χ4n) is 2.39. The highest BCUT2D eigenvalue weighted by Gasteiger charge is 2.10. The second kappa shape index (κ2) is 6.91. The Kier molecular flexibility index (Phi) is 4.95. The lowest BCUT2D eigenvalue weighted by atomic mass is 10.1. The summed E-state index contributed by atoms with van der Waals surface area (Å²) in [7, 11) is 0. The van der Waals surface area contributed by atoms with Crippen molar-refractivity contribution in [3.8, 4) is 0 Å². The predicted octanol–water partition coefficient (Wildman–Crippen LogP) is 0.892. The van der Waals surface area contributed by atoms with Crippen LogP contribution in [0.4, 0.5) is 5.69 Å². The Morgan fingerprint density at radius 3 is 2.55 bits per heavy atom. The van der Waals surface area contributed by atoms with Gasteiger partial charge in [0.25, 0.3) is 0 Å². The molecule has 0 bridgehead atoms. The molecule has 1 aliphatic heterocycles. The van der Waals surface area contributed by atoms with E-state index in [9.17, 15) is 0 Å². The molecule has 0 saturated carbocycles. The molecule has 1 aliphatic rings. The number of hydrogen-bond donors (Lipinski definition) is 3. The van der Waals surface area contributed by atoms with Crippen LogP contribution in [0.15, 0.2) is 34.3 Å². The van der Waals surface area contributed by atoms with Crippen molar-refractivity contribution in [1.82, 2.24) is 4.90 Å². The Hall–Kier alpha value is -2.08. The second-order valence-electron chi connectivity index (χ2n) is 5.01. The Balaban J connectivity index is 2.05. The number of nitrogens with zero attached hydrogens (tertiary/aromatic N) is 3. The highest BCUT2D eigenvalue weighted by molar-refractivity contribution is 5.93. The molecular weight excluding hydrogens is 252 g/mol. The first kappa shape index (κ1) is 14.3. The molecular formula is C14H22N6. The number of hydrogen-bond acceptors (Lipinski definition) is 2. The summed E-state index contributed by atoms with van der Waals surface area (Å²) in [6.07, 6.45) is 3.92. The predicted molar refractivity (Wildman–Crippen MR) is 82.7 cm³/mol. The first-order valence-corrected chi connectivity index (χ1v) is 6.88. The Bertz CT molecular complexity index is 498. The summed E-state index contributed by atoms with van der Waals surface area (Å²) in [5.74, 6) is -0.0177. The van der Waals surface area contributed by atoms with Crippen molar-refractivity contribution < 1.29 is 0 Å². The van der Waals surface area contributed by atoms with Crippen LogP contribution in [0, 0.1) is 0 Å².